The van der Waals surface area contributed by atoms with Crippen molar-refractivity contribution in [3.8, 4) is 17.3 Å². The number of rotatable bonds is 2. The highest BCUT2D eigenvalue weighted by Gasteiger charge is 2.18. The number of hydrogen-bond donors (Lipinski definition) is 2. The van der Waals surface area contributed by atoms with Gasteiger partial charge in [-0.05, 0) is 25.0 Å². The second-order valence-corrected chi connectivity index (χ2v) is 5.16. The van der Waals surface area contributed by atoms with Crippen molar-refractivity contribution < 1.29 is 4.39 Å². The first-order valence-corrected chi connectivity index (χ1v) is 6.98. The van der Waals surface area contributed by atoms with Crippen molar-refractivity contribution in [1.82, 2.24) is 9.97 Å². The van der Waals surface area contributed by atoms with Crippen molar-refractivity contribution in [2.75, 3.05) is 29.5 Å². The third-order valence-corrected chi connectivity index (χ3v) is 3.73. The summed E-state index contributed by atoms with van der Waals surface area (Å²) in [4.78, 5) is 9.79. The summed E-state index contributed by atoms with van der Waals surface area (Å²) < 4.78 is 14.4. The molecule has 6 nitrogen and oxygen atoms in total. The van der Waals surface area contributed by atoms with Gasteiger partial charge in [-0.15, -0.1) is 0 Å². The lowest BCUT2D eigenvalue weighted by Gasteiger charge is -2.18. The summed E-state index contributed by atoms with van der Waals surface area (Å²) in [5.74, 6) is -0.399. The van der Waals surface area contributed by atoms with Crippen LogP contribution in [0.1, 0.15) is 18.4 Å². The molecule has 0 amide bonds. The van der Waals surface area contributed by atoms with Gasteiger partial charge in [-0.3, -0.25) is 0 Å². The zero-order valence-corrected chi connectivity index (χ0v) is 11.9. The molecule has 0 spiro atoms. The molecule has 1 saturated heterocycles. The Balaban J connectivity index is 2.07. The SMILES string of the molecule is N#Cc1c(N)nc(N)nc1-c1ccc(N2CCCC2)c(F)c1. The first-order chi connectivity index (χ1) is 10.6. The maximum absolute atomic E-state index is 14.4. The van der Waals surface area contributed by atoms with E-state index in [1.807, 2.05) is 11.0 Å². The van der Waals surface area contributed by atoms with Crippen LogP contribution in [0.4, 0.5) is 21.8 Å². The third kappa shape index (κ3) is 2.39. The van der Waals surface area contributed by atoms with E-state index in [1.165, 1.54) is 6.07 Å². The lowest BCUT2D eigenvalue weighted by atomic mass is 10.1. The van der Waals surface area contributed by atoms with Crippen molar-refractivity contribution in [2.24, 2.45) is 0 Å². The molecule has 2 aromatic rings. The second kappa shape index (κ2) is 5.48. The topological polar surface area (TPSA) is 105 Å². The Morgan fingerprint density at radius 3 is 2.55 bits per heavy atom. The fourth-order valence-corrected chi connectivity index (χ4v) is 2.68. The Morgan fingerprint density at radius 1 is 1.18 bits per heavy atom. The lowest BCUT2D eigenvalue weighted by molar-refractivity contribution is 0.623. The summed E-state index contributed by atoms with van der Waals surface area (Å²) in [6.07, 6.45) is 2.14. The summed E-state index contributed by atoms with van der Waals surface area (Å²) in [6, 6.07) is 6.72. The highest BCUT2D eigenvalue weighted by atomic mass is 19.1. The van der Waals surface area contributed by atoms with Gasteiger partial charge in [0.15, 0.2) is 0 Å². The first kappa shape index (κ1) is 14.1. The van der Waals surface area contributed by atoms with Crippen LogP contribution in [-0.2, 0) is 0 Å². The van der Waals surface area contributed by atoms with Crippen molar-refractivity contribution in [3.63, 3.8) is 0 Å². The molecular formula is C15H15FN6. The summed E-state index contributed by atoms with van der Waals surface area (Å²) in [5, 5.41) is 9.20. The number of nitriles is 1. The molecule has 22 heavy (non-hydrogen) atoms. The van der Waals surface area contributed by atoms with E-state index in [1.54, 1.807) is 12.1 Å². The van der Waals surface area contributed by atoms with Crippen LogP contribution < -0.4 is 16.4 Å². The number of halogens is 1. The van der Waals surface area contributed by atoms with Crippen molar-refractivity contribution in [2.45, 2.75) is 12.8 Å². The van der Waals surface area contributed by atoms with Crippen LogP contribution in [0.3, 0.4) is 0 Å². The molecule has 1 aliphatic rings. The first-order valence-electron chi connectivity index (χ1n) is 6.98. The van der Waals surface area contributed by atoms with E-state index in [-0.39, 0.29) is 28.8 Å². The normalized spacial score (nSPS) is 14.1. The van der Waals surface area contributed by atoms with Crippen LogP contribution in [0.2, 0.25) is 0 Å². The van der Waals surface area contributed by atoms with Gasteiger partial charge in [-0.2, -0.15) is 10.2 Å². The van der Waals surface area contributed by atoms with Gasteiger partial charge in [0.1, 0.15) is 23.3 Å². The zero-order chi connectivity index (χ0) is 15.7. The van der Waals surface area contributed by atoms with E-state index in [2.05, 4.69) is 9.97 Å². The number of nitrogens with two attached hydrogens (primary N) is 2. The molecule has 0 atom stereocenters. The van der Waals surface area contributed by atoms with Gasteiger partial charge in [0.25, 0.3) is 0 Å². The molecule has 1 aromatic heterocycles. The predicted octanol–water partition coefficient (Wildman–Crippen LogP) is 1.92. The zero-order valence-electron chi connectivity index (χ0n) is 11.9. The third-order valence-electron chi connectivity index (χ3n) is 3.73. The van der Waals surface area contributed by atoms with Crippen LogP contribution in [0.25, 0.3) is 11.3 Å². The van der Waals surface area contributed by atoms with Gasteiger partial charge >= 0.3 is 0 Å². The number of nitrogen functional groups attached to an aromatic ring is 2. The summed E-state index contributed by atoms with van der Waals surface area (Å²) in [5.41, 5.74) is 12.6. The maximum Gasteiger partial charge on any atom is 0.222 e. The Bertz CT molecular complexity index is 761. The molecule has 1 aliphatic heterocycles. The highest BCUT2D eigenvalue weighted by molar-refractivity contribution is 5.74. The Morgan fingerprint density at radius 2 is 1.91 bits per heavy atom. The molecule has 7 heteroatoms. The van der Waals surface area contributed by atoms with Gasteiger partial charge in [-0.25, -0.2) is 9.37 Å². The molecule has 0 saturated carbocycles. The van der Waals surface area contributed by atoms with E-state index in [0.717, 1.165) is 25.9 Å². The van der Waals surface area contributed by atoms with E-state index in [0.29, 0.717) is 11.3 Å². The fourth-order valence-electron chi connectivity index (χ4n) is 2.68. The van der Waals surface area contributed by atoms with Gasteiger partial charge in [0, 0.05) is 18.7 Å². The Kier molecular flexibility index (Phi) is 3.51. The molecule has 0 aliphatic carbocycles. The summed E-state index contributed by atoms with van der Waals surface area (Å²) in [7, 11) is 0. The number of benzene rings is 1. The van der Waals surface area contributed by atoms with Crippen LogP contribution in [-0.4, -0.2) is 23.1 Å². The summed E-state index contributed by atoms with van der Waals surface area (Å²) in [6.45, 7) is 1.71. The highest BCUT2D eigenvalue weighted by Crippen LogP contribution is 2.30. The van der Waals surface area contributed by atoms with Gasteiger partial charge in [-0.1, -0.05) is 6.07 Å². The van der Waals surface area contributed by atoms with Crippen LogP contribution in [0.5, 0.6) is 0 Å². The monoisotopic (exact) mass is 298 g/mol. The number of hydrogen-bond acceptors (Lipinski definition) is 6. The Labute approximate surface area is 127 Å². The molecule has 0 radical (unpaired) electrons. The molecule has 1 aromatic carbocycles. The van der Waals surface area contributed by atoms with Crippen LogP contribution in [0.15, 0.2) is 18.2 Å². The molecule has 3 rings (SSSR count). The molecule has 1 fully saturated rings. The summed E-state index contributed by atoms with van der Waals surface area (Å²) >= 11 is 0. The smallest absolute Gasteiger partial charge is 0.222 e. The molecule has 0 bridgehead atoms. The Hall–Kier alpha value is -2.88. The van der Waals surface area contributed by atoms with Crippen molar-refractivity contribution in [3.05, 3.63) is 29.6 Å². The molecular weight excluding hydrogens is 283 g/mol. The van der Waals surface area contributed by atoms with Crippen molar-refractivity contribution >= 4 is 17.5 Å². The minimum Gasteiger partial charge on any atom is -0.382 e. The van der Waals surface area contributed by atoms with E-state index in [4.69, 9.17) is 11.5 Å². The predicted molar refractivity (Wildman–Crippen MR) is 82.4 cm³/mol. The van der Waals surface area contributed by atoms with Gasteiger partial charge in [0.05, 0.1) is 11.4 Å². The maximum atomic E-state index is 14.4. The molecule has 112 valence electrons. The minimum absolute atomic E-state index is 0.00553. The average Bonchev–Trinajstić information content (AvgIpc) is 3.00. The van der Waals surface area contributed by atoms with Gasteiger partial charge < -0.3 is 16.4 Å². The number of nitrogens with zero attached hydrogens (tertiary/aromatic N) is 4. The quantitative estimate of drug-likeness (QED) is 0.877. The molecule has 0 unspecified atom stereocenters. The second-order valence-electron chi connectivity index (χ2n) is 5.16. The number of anilines is 3. The molecule has 2 heterocycles. The van der Waals surface area contributed by atoms with E-state index in [9.17, 15) is 9.65 Å². The average molecular weight is 298 g/mol. The fraction of sp³-hybridized carbons (Fsp3) is 0.267. The van der Waals surface area contributed by atoms with Crippen LogP contribution >= 0.6 is 0 Å². The van der Waals surface area contributed by atoms with Crippen molar-refractivity contribution in [1.29, 1.82) is 5.26 Å². The minimum atomic E-state index is -0.348. The van der Waals surface area contributed by atoms with E-state index >= 15 is 0 Å². The van der Waals surface area contributed by atoms with E-state index < -0.39 is 0 Å². The standard InChI is InChI=1S/C15H15FN6/c16-11-7-9(3-4-12(11)22-5-1-2-6-22)13-10(8-17)14(18)21-15(19)20-13/h3-4,7H,1-2,5-6H2,(H4,18,19,20,21). The lowest BCUT2D eigenvalue weighted by Crippen LogP contribution is -2.18. The van der Waals surface area contributed by atoms with Crippen LogP contribution in [0, 0.1) is 17.1 Å². The van der Waals surface area contributed by atoms with Gasteiger partial charge in [0.2, 0.25) is 5.95 Å². The largest absolute Gasteiger partial charge is 0.382 e. The molecule has 4 N–H and O–H groups in total. The number of aromatic nitrogens is 2.